The number of carbonyl (C=O) groups is 1. The van der Waals surface area contributed by atoms with Gasteiger partial charge in [0, 0.05) is 12.6 Å². The molecule has 0 N–H and O–H groups in total. The van der Waals surface area contributed by atoms with Gasteiger partial charge in [0.2, 0.25) is 0 Å². The van der Waals surface area contributed by atoms with Gasteiger partial charge in [-0.2, -0.15) is 0 Å². The summed E-state index contributed by atoms with van der Waals surface area (Å²) in [4.78, 5) is 24.7. The predicted molar refractivity (Wildman–Crippen MR) is 88.9 cm³/mol. The van der Waals surface area contributed by atoms with Gasteiger partial charge in [-0.25, -0.2) is 0 Å². The topological polar surface area (TPSA) is 76.6 Å². The fourth-order valence-electron chi connectivity index (χ4n) is 3.32. The molecule has 0 saturated carbocycles. The number of rotatable bonds is 5. The van der Waals surface area contributed by atoms with Crippen LogP contribution in [0, 0.1) is 10.1 Å². The molecule has 0 fully saturated rings. The molecule has 6 nitrogen and oxygen atoms in total. The van der Waals surface area contributed by atoms with E-state index in [1.54, 1.807) is 4.90 Å². The molecule has 0 spiro atoms. The van der Waals surface area contributed by atoms with Crippen LogP contribution in [0.5, 0.6) is 0 Å². The van der Waals surface area contributed by atoms with Crippen molar-refractivity contribution in [2.75, 3.05) is 6.54 Å². The van der Waals surface area contributed by atoms with Crippen LogP contribution in [0.1, 0.15) is 41.4 Å². The zero-order valence-corrected chi connectivity index (χ0v) is 13.6. The molecule has 126 valence electrons. The lowest BCUT2D eigenvalue weighted by atomic mass is 9.87. The average Bonchev–Trinajstić information content (AvgIpc) is 3.09. The molecule has 3 rings (SSSR count). The van der Waals surface area contributed by atoms with Gasteiger partial charge in [0.1, 0.15) is 4.92 Å². The number of aryl methyl sites for hydroxylation is 1. The number of furan rings is 1. The summed E-state index contributed by atoms with van der Waals surface area (Å²) in [5, 5.41) is 10.8. The second kappa shape index (κ2) is 6.86. The maximum absolute atomic E-state index is 12.8. The molecular formula is C18H20N2O4. The lowest BCUT2D eigenvalue weighted by Crippen LogP contribution is -2.43. The first kappa shape index (κ1) is 16.2. The van der Waals surface area contributed by atoms with Gasteiger partial charge >= 0.3 is 5.88 Å². The van der Waals surface area contributed by atoms with Crippen LogP contribution in [0.25, 0.3) is 0 Å². The maximum Gasteiger partial charge on any atom is 0.433 e. The van der Waals surface area contributed by atoms with E-state index in [4.69, 9.17) is 4.42 Å². The lowest BCUT2D eigenvalue weighted by molar-refractivity contribution is -0.402. The number of hydrogen-bond acceptors (Lipinski definition) is 4. The molecule has 1 aliphatic carbocycles. The maximum atomic E-state index is 12.8. The van der Waals surface area contributed by atoms with Gasteiger partial charge in [-0.15, -0.1) is 0 Å². The largest absolute Gasteiger partial charge is 0.433 e. The highest BCUT2D eigenvalue weighted by Gasteiger charge is 2.30. The van der Waals surface area contributed by atoms with Crippen molar-refractivity contribution in [2.45, 2.75) is 38.6 Å². The monoisotopic (exact) mass is 328 g/mol. The molecule has 0 aliphatic heterocycles. The standard InChI is InChI=1S/C18H20N2O4/c1-2-11-19(18(21)16-9-10-17(24-16)20(22)23)15-8-7-13-5-3-4-6-14(13)12-15/h3-6,9-10,15H,2,7-8,11-12H2,1H3/t15-/m0/s1. The molecule has 1 aromatic heterocycles. The first-order valence-corrected chi connectivity index (χ1v) is 8.22. The summed E-state index contributed by atoms with van der Waals surface area (Å²) >= 11 is 0. The summed E-state index contributed by atoms with van der Waals surface area (Å²) in [5.74, 6) is -0.632. The number of nitro groups is 1. The summed E-state index contributed by atoms with van der Waals surface area (Å²) in [6, 6.07) is 11.0. The van der Waals surface area contributed by atoms with Crippen molar-refractivity contribution in [3.05, 3.63) is 63.4 Å². The molecule has 0 radical (unpaired) electrons. The highest BCUT2D eigenvalue weighted by molar-refractivity contribution is 5.92. The third-order valence-corrected chi connectivity index (χ3v) is 4.47. The van der Waals surface area contributed by atoms with Gasteiger partial charge in [-0.1, -0.05) is 31.2 Å². The molecule has 1 amide bonds. The first-order chi connectivity index (χ1) is 11.6. The molecule has 1 aliphatic rings. The average molecular weight is 328 g/mol. The Morgan fingerprint density at radius 2 is 2.04 bits per heavy atom. The van der Waals surface area contributed by atoms with Gasteiger partial charge < -0.3 is 9.32 Å². The summed E-state index contributed by atoms with van der Waals surface area (Å²) in [7, 11) is 0. The molecule has 1 atom stereocenters. The summed E-state index contributed by atoms with van der Waals surface area (Å²) in [6.45, 7) is 2.63. The van der Waals surface area contributed by atoms with Crippen molar-refractivity contribution in [1.82, 2.24) is 4.90 Å². The third-order valence-electron chi connectivity index (χ3n) is 4.47. The quantitative estimate of drug-likeness (QED) is 0.621. The smallest absolute Gasteiger partial charge is 0.395 e. The Hall–Kier alpha value is -2.63. The van der Waals surface area contributed by atoms with Crippen LogP contribution in [-0.2, 0) is 12.8 Å². The Morgan fingerprint density at radius 1 is 1.29 bits per heavy atom. The molecule has 2 aromatic rings. The Bertz CT molecular complexity index is 753. The van der Waals surface area contributed by atoms with Gasteiger partial charge in [0.05, 0.1) is 6.07 Å². The molecule has 1 aromatic carbocycles. The van der Waals surface area contributed by atoms with Crippen molar-refractivity contribution in [1.29, 1.82) is 0 Å². The van der Waals surface area contributed by atoms with E-state index in [2.05, 4.69) is 12.1 Å². The van der Waals surface area contributed by atoms with Crippen LogP contribution in [0.15, 0.2) is 40.8 Å². The Labute approximate surface area is 140 Å². The van der Waals surface area contributed by atoms with E-state index >= 15 is 0 Å². The van der Waals surface area contributed by atoms with E-state index in [1.807, 2.05) is 19.1 Å². The molecule has 0 saturated heterocycles. The van der Waals surface area contributed by atoms with Gasteiger partial charge in [-0.3, -0.25) is 14.9 Å². The summed E-state index contributed by atoms with van der Waals surface area (Å²) in [5.41, 5.74) is 2.61. The van der Waals surface area contributed by atoms with E-state index in [0.717, 1.165) is 25.7 Å². The zero-order chi connectivity index (χ0) is 17.1. The third kappa shape index (κ3) is 3.18. The molecule has 1 heterocycles. The van der Waals surface area contributed by atoms with Crippen LogP contribution in [0.2, 0.25) is 0 Å². The minimum absolute atomic E-state index is 0.0361. The Morgan fingerprint density at radius 3 is 2.71 bits per heavy atom. The van der Waals surface area contributed by atoms with Crippen molar-refractivity contribution in [2.24, 2.45) is 0 Å². The SMILES string of the molecule is CCCN(C(=O)c1ccc([N+](=O)[O-])o1)[C@H]1CCc2ccccc2C1. The fraction of sp³-hybridized carbons (Fsp3) is 0.389. The second-order valence-corrected chi connectivity index (χ2v) is 6.06. The first-order valence-electron chi connectivity index (χ1n) is 8.22. The van der Waals surface area contributed by atoms with E-state index < -0.39 is 10.8 Å². The normalized spacial score (nSPS) is 16.5. The molecule has 0 bridgehead atoms. The van der Waals surface area contributed by atoms with Gasteiger partial charge in [0.25, 0.3) is 5.91 Å². The number of carbonyl (C=O) groups excluding carboxylic acids is 1. The summed E-state index contributed by atoms with van der Waals surface area (Å²) < 4.78 is 5.10. The minimum atomic E-state index is -0.627. The number of fused-ring (bicyclic) bond motifs is 1. The molecular weight excluding hydrogens is 308 g/mol. The molecule has 24 heavy (non-hydrogen) atoms. The Balaban J connectivity index is 1.81. The second-order valence-electron chi connectivity index (χ2n) is 6.06. The highest BCUT2D eigenvalue weighted by atomic mass is 16.6. The van der Waals surface area contributed by atoms with Crippen LogP contribution >= 0.6 is 0 Å². The van der Waals surface area contributed by atoms with Crippen LogP contribution in [0.4, 0.5) is 5.88 Å². The van der Waals surface area contributed by atoms with Crippen LogP contribution in [0.3, 0.4) is 0 Å². The fourth-order valence-corrected chi connectivity index (χ4v) is 3.32. The zero-order valence-electron chi connectivity index (χ0n) is 13.6. The predicted octanol–water partition coefficient (Wildman–Crippen LogP) is 3.60. The minimum Gasteiger partial charge on any atom is -0.395 e. The van der Waals surface area contributed by atoms with E-state index in [1.165, 1.54) is 23.3 Å². The van der Waals surface area contributed by atoms with Crippen LogP contribution in [-0.4, -0.2) is 28.3 Å². The molecule has 6 heteroatoms. The number of amides is 1. The van der Waals surface area contributed by atoms with E-state index in [-0.39, 0.29) is 17.7 Å². The summed E-state index contributed by atoms with van der Waals surface area (Å²) in [6.07, 6.45) is 3.47. The lowest BCUT2D eigenvalue weighted by Gasteiger charge is -2.34. The number of nitrogens with zero attached hydrogens (tertiary/aromatic N) is 2. The van der Waals surface area contributed by atoms with Gasteiger partial charge in [0.15, 0.2) is 5.76 Å². The van der Waals surface area contributed by atoms with Crippen molar-refractivity contribution < 1.29 is 14.1 Å². The van der Waals surface area contributed by atoms with Crippen molar-refractivity contribution in [3.8, 4) is 0 Å². The Kier molecular flexibility index (Phi) is 4.64. The number of benzene rings is 1. The van der Waals surface area contributed by atoms with Crippen molar-refractivity contribution >= 4 is 11.8 Å². The van der Waals surface area contributed by atoms with Crippen LogP contribution < -0.4 is 0 Å². The highest BCUT2D eigenvalue weighted by Crippen LogP contribution is 2.26. The van der Waals surface area contributed by atoms with E-state index in [9.17, 15) is 14.9 Å². The van der Waals surface area contributed by atoms with Crippen molar-refractivity contribution in [3.63, 3.8) is 0 Å². The molecule has 0 unspecified atom stereocenters. The van der Waals surface area contributed by atoms with E-state index in [0.29, 0.717) is 6.54 Å². The number of hydrogen-bond donors (Lipinski definition) is 0. The van der Waals surface area contributed by atoms with Gasteiger partial charge in [-0.05, 0) is 42.9 Å².